The molecule has 5 nitrogen and oxygen atoms in total. The Morgan fingerprint density at radius 2 is 2.33 bits per heavy atom. The normalized spacial score (nSPS) is 21.2. The Labute approximate surface area is 129 Å². The van der Waals surface area contributed by atoms with Gasteiger partial charge in [0.1, 0.15) is 16.6 Å². The molecule has 1 saturated heterocycles. The number of nitrogens with two attached hydrogens (primary N) is 1. The third-order valence-corrected chi connectivity index (χ3v) is 5.11. The smallest absolute Gasteiger partial charge is 0.174 e. The number of nitrogens with zero attached hydrogens (tertiary/aromatic N) is 1. The van der Waals surface area contributed by atoms with Crippen LogP contribution in [-0.2, 0) is 4.74 Å². The van der Waals surface area contributed by atoms with E-state index in [0.717, 1.165) is 26.0 Å². The predicted molar refractivity (Wildman–Crippen MR) is 84.7 cm³/mol. The van der Waals surface area contributed by atoms with Gasteiger partial charge in [-0.25, -0.2) is 0 Å². The van der Waals surface area contributed by atoms with Gasteiger partial charge in [-0.3, -0.25) is 4.79 Å². The number of Topliss-reactive ketones (excluding diaryl/α,β-unsaturated/α-hetero) is 1. The first kappa shape index (κ1) is 15.8. The number of carbonyl (C=O) groups is 1. The number of anilines is 2. The van der Waals surface area contributed by atoms with E-state index in [1.54, 1.807) is 6.92 Å². The summed E-state index contributed by atoms with van der Waals surface area (Å²) in [6.45, 7) is 5.45. The molecular weight excluding hydrogens is 286 g/mol. The maximum atomic E-state index is 11.8. The van der Waals surface area contributed by atoms with Crippen molar-refractivity contribution >= 4 is 27.8 Å². The second-order valence-electron chi connectivity index (χ2n) is 5.18. The van der Waals surface area contributed by atoms with Crippen LogP contribution in [0, 0.1) is 17.2 Å². The largest absolute Gasteiger partial charge is 0.396 e. The number of ketones is 1. The molecule has 0 radical (unpaired) electrons. The van der Waals surface area contributed by atoms with Gasteiger partial charge in [-0.05, 0) is 12.8 Å². The Kier molecular flexibility index (Phi) is 5.21. The van der Waals surface area contributed by atoms with Crippen LogP contribution in [0.1, 0.15) is 48.3 Å². The second kappa shape index (κ2) is 6.92. The quantitative estimate of drug-likeness (QED) is 0.789. The Bertz CT molecular complexity index is 562. The third-order valence-electron chi connectivity index (χ3n) is 3.90. The molecule has 0 aliphatic carbocycles. The molecule has 1 aromatic heterocycles. The molecular formula is C15H21N3O2S. The van der Waals surface area contributed by atoms with Gasteiger partial charge >= 0.3 is 0 Å². The van der Waals surface area contributed by atoms with Crippen molar-refractivity contribution < 1.29 is 9.53 Å². The summed E-state index contributed by atoms with van der Waals surface area (Å²) in [6, 6.07) is 2.10. The zero-order valence-electron chi connectivity index (χ0n) is 12.4. The molecule has 2 unspecified atom stereocenters. The van der Waals surface area contributed by atoms with E-state index >= 15 is 0 Å². The summed E-state index contributed by atoms with van der Waals surface area (Å²) in [5.41, 5.74) is 6.63. The van der Waals surface area contributed by atoms with Crippen LogP contribution < -0.4 is 11.1 Å². The molecule has 2 rings (SSSR count). The van der Waals surface area contributed by atoms with Gasteiger partial charge in [0.15, 0.2) is 5.78 Å². The van der Waals surface area contributed by atoms with E-state index in [2.05, 4.69) is 18.3 Å². The van der Waals surface area contributed by atoms with Crippen LogP contribution in [0.2, 0.25) is 0 Å². The van der Waals surface area contributed by atoms with Gasteiger partial charge < -0.3 is 15.8 Å². The maximum Gasteiger partial charge on any atom is 0.174 e. The number of thiophene rings is 1. The topological polar surface area (TPSA) is 88.1 Å². The molecule has 0 aromatic carbocycles. The van der Waals surface area contributed by atoms with Crippen LogP contribution in [-0.4, -0.2) is 25.0 Å². The van der Waals surface area contributed by atoms with Crippen molar-refractivity contribution in [2.24, 2.45) is 5.92 Å². The highest BCUT2D eigenvalue weighted by molar-refractivity contribution is 7.19. The minimum absolute atomic E-state index is 0.0160. The molecule has 114 valence electrons. The van der Waals surface area contributed by atoms with Crippen LogP contribution in [0.5, 0.6) is 0 Å². The van der Waals surface area contributed by atoms with Crippen molar-refractivity contribution in [3.05, 3.63) is 10.4 Å². The number of nitriles is 1. The highest BCUT2D eigenvalue weighted by Crippen LogP contribution is 2.36. The molecule has 6 heteroatoms. The molecule has 0 amide bonds. The fraction of sp³-hybridized carbons (Fsp3) is 0.600. The lowest BCUT2D eigenvalue weighted by molar-refractivity contribution is 0.0900. The average molecular weight is 307 g/mol. The van der Waals surface area contributed by atoms with Gasteiger partial charge in [0.05, 0.1) is 16.7 Å². The van der Waals surface area contributed by atoms with E-state index in [1.807, 2.05) is 0 Å². The van der Waals surface area contributed by atoms with Gasteiger partial charge in [-0.15, -0.1) is 11.3 Å². The molecule has 21 heavy (non-hydrogen) atoms. The van der Waals surface area contributed by atoms with Crippen molar-refractivity contribution in [1.82, 2.24) is 0 Å². The van der Waals surface area contributed by atoms with Gasteiger partial charge in [0.25, 0.3) is 0 Å². The molecule has 1 aromatic rings. The number of hydrogen-bond donors (Lipinski definition) is 2. The summed E-state index contributed by atoms with van der Waals surface area (Å²) in [5.74, 6) is 0.424. The molecule has 2 heterocycles. The van der Waals surface area contributed by atoms with Gasteiger partial charge in [-0.2, -0.15) is 5.26 Å². The summed E-state index contributed by atoms with van der Waals surface area (Å²) in [4.78, 5) is 12.3. The van der Waals surface area contributed by atoms with E-state index in [9.17, 15) is 10.1 Å². The lowest BCUT2D eigenvalue weighted by Crippen LogP contribution is -2.22. The molecule has 0 spiro atoms. The number of rotatable bonds is 6. The summed E-state index contributed by atoms with van der Waals surface area (Å²) in [6.07, 6.45) is 2.68. The fourth-order valence-electron chi connectivity index (χ4n) is 2.65. The van der Waals surface area contributed by atoms with Crippen molar-refractivity contribution in [3.8, 4) is 6.07 Å². The average Bonchev–Trinajstić information content (AvgIpc) is 3.07. The molecule has 2 atom stereocenters. The maximum absolute atomic E-state index is 11.8. The molecule has 0 bridgehead atoms. The monoisotopic (exact) mass is 307 g/mol. The van der Waals surface area contributed by atoms with Gasteiger partial charge in [-0.1, -0.05) is 13.8 Å². The van der Waals surface area contributed by atoms with Crippen molar-refractivity contribution in [1.29, 1.82) is 5.26 Å². The van der Waals surface area contributed by atoms with E-state index in [0.29, 0.717) is 33.5 Å². The summed E-state index contributed by atoms with van der Waals surface area (Å²) < 4.78 is 5.66. The minimum atomic E-state index is -0.0160. The van der Waals surface area contributed by atoms with Gasteiger partial charge in [0.2, 0.25) is 0 Å². The molecule has 3 N–H and O–H groups in total. The van der Waals surface area contributed by atoms with Crippen molar-refractivity contribution in [3.63, 3.8) is 0 Å². The minimum Gasteiger partial charge on any atom is -0.396 e. The lowest BCUT2D eigenvalue weighted by atomic mass is 10.00. The zero-order chi connectivity index (χ0) is 15.4. The van der Waals surface area contributed by atoms with Gasteiger partial charge in [0, 0.05) is 25.5 Å². The summed E-state index contributed by atoms with van der Waals surface area (Å²) >= 11 is 1.29. The highest BCUT2D eigenvalue weighted by Gasteiger charge is 2.27. The van der Waals surface area contributed by atoms with E-state index < -0.39 is 0 Å². The molecule has 1 aliphatic heterocycles. The van der Waals surface area contributed by atoms with Crippen molar-refractivity contribution in [2.45, 2.75) is 39.2 Å². The Hall–Kier alpha value is -1.58. The van der Waals surface area contributed by atoms with E-state index in [-0.39, 0.29) is 11.9 Å². The summed E-state index contributed by atoms with van der Waals surface area (Å²) in [5, 5.41) is 13.3. The van der Waals surface area contributed by atoms with Crippen LogP contribution in [0.15, 0.2) is 0 Å². The van der Waals surface area contributed by atoms with Crippen LogP contribution in [0.3, 0.4) is 0 Å². The SMILES string of the molecule is CCC(=O)c1sc(NCC2CCOC2CC)c(C#N)c1N. The first-order valence-corrected chi connectivity index (χ1v) is 8.14. The van der Waals surface area contributed by atoms with E-state index in [1.165, 1.54) is 11.3 Å². The first-order chi connectivity index (χ1) is 10.1. The zero-order valence-corrected chi connectivity index (χ0v) is 13.3. The Morgan fingerprint density at radius 3 is 2.95 bits per heavy atom. The highest BCUT2D eigenvalue weighted by atomic mass is 32.1. The molecule has 1 aliphatic rings. The molecule has 0 saturated carbocycles. The van der Waals surface area contributed by atoms with Crippen LogP contribution in [0.25, 0.3) is 0 Å². The standard InChI is InChI=1S/C15H21N3O2S/c1-3-11(19)14-13(17)10(7-16)15(21-14)18-8-9-5-6-20-12(9)4-2/h9,12,18H,3-6,8,17H2,1-2H3. The first-order valence-electron chi connectivity index (χ1n) is 7.33. The summed E-state index contributed by atoms with van der Waals surface area (Å²) in [7, 11) is 0. The Morgan fingerprint density at radius 1 is 1.57 bits per heavy atom. The molecule has 1 fully saturated rings. The number of nitrogens with one attached hydrogen (secondary N) is 1. The number of hydrogen-bond acceptors (Lipinski definition) is 6. The Balaban J connectivity index is 2.13. The van der Waals surface area contributed by atoms with E-state index in [4.69, 9.17) is 10.5 Å². The predicted octanol–water partition coefficient (Wildman–Crippen LogP) is 3.02. The third kappa shape index (κ3) is 3.20. The number of nitrogen functional groups attached to an aromatic ring is 1. The van der Waals surface area contributed by atoms with Crippen molar-refractivity contribution in [2.75, 3.05) is 24.2 Å². The van der Waals surface area contributed by atoms with Crippen LogP contribution >= 0.6 is 11.3 Å². The fourth-order valence-corrected chi connectivity index (χ4v) is 3.74. The second-order valence-corrected chi connectivity index (χ2v) is 6.21. The number of carbonyl (C=O) groups excluding carboxylic acids is 1. The lowest BCUT2D eigenvalue weighted by Gasteiger charge is -2.17. The number of ether oxygens (including phenoxy) is 1. The van der Waals surface area contributed by atoms with Crippen LogP contribution in [0.4, 0.5) is 10.7 Å².